The first-order chi connectivity index (χ1) is 15.1. The average Bonchev–Trinajstić information content (AvgIpc) is 2.80. The highest BCUT2D eigenvalue weighted by molar-refractivity contribution is 5.77. The van der Waals surface area contributed by atoms with Crippen LogP contribution in [0.3, 0.4) is 0 Å². The smallest absolute Gasteiger partial charge is 0.188 e. The molecule has 3 rings (SSSR count). The second-order valence-corrected chi connectivity index (χ2v) is 7.67. The number of aliphatic imine (C=N–C) groups is 1. The first-order valence-corrected chi connectivity index (χ1v) is 10.7. The third kappa shape index (κ3) is 6.60. The standard InChI is InChI=1S/C24H34N4O3/c1-18-5-4-6-20(15-18)21(28-11-13-31-14-12-28)17-27-24(25)26-10-9-19-7-8-22(29-2)23(16-19)30-3/h4-8,15-16,21H,9-14,17H2,1-3H3,(H3,25,26,27). The summed E-state index contributed by atoms with van der Waals surface area (Å²) in [5.74, 6) is 1.92. The quantitative estimate of drug-likeness (QED) is 0.474. The number of hydrogen-bond donors (Lipinski definition) is 2. The lowest BCUT2D eigenvalue weighted by Crippen LogP contribution is -2.41. The van der Waals surface area contributed by atoms with Crippen molar-refractivity contribution in [3.05, 3.63) is 59.2 Å². The molecule has 1 fully saturated rings. The maximum absolute atomic E-state index is 6.18. The Kier molecular flexibility index (Phi) is 8.55. The first kappa shape index (κ1) is 22.9. The van der Waals surface area contributed by atoms with E-state index in [1.807, 2.05) is 18.2 Å². The molecule has 0 aliphatic carbocycles. The van der Waals surface area contributed by atoms with Gasteiger partial charge in [0.25, 0.3) is 0 Å². The number of guanidine groups is 1. The third-order valence-corrected chi connectivity index (χ3v) is 5.52. The summed E-state index contributed by atoms with van der Waals surface area (Å²) in [5.41, 5.74) is 9.84. The van der Waals surface area contributed by atoms with Crippen molar-refractivity contribution in [3.63, 3.8) is 0 Å². The number of nitrogens with zero attached hydrogens (tertiary/aromatic N) is 2. The van der Waals surface area contributed by atoms with Crippen LogP contribution in [-0.4, -0.2) is 64.5 Å². The van der Waals surface area contributed by atoms with Gasteiger partial charge in [0, 0.05) is 19.6 Å². The molecular formula is C24H34N4O3. The van der Waals surface area contributed by atoms with Gasteiger partial charge in [0.2, 0.25) is 0 Å². The zero-order valence-corrected chi connectivity index (χ0v) is 18.8. The van der Waals surface area contributed by atoms with Gasteiger partial charge in [0.15, 0.2) is 17.5 Å². The molecule has 1 saturated heterocycles. The van der Waals surface area contributed by atoms with Crippen molar-refractivity contribution < 1.29 is 14.2 Å². The van der Waals surface area contributed by atoms with Crippen molar-refractivity contribution in [2.45, 2.75) is 19.4 Å². The van der Waals surface area contributed by atoms with Gasteiger partial charge in [-0.25, -0.2) is 0 Å². The Morgan fingerprint density at radius 1 is 1.13 bits per heavy atom. The van der Waals surface area contributed by atoms with Crippen molar-refractivity contribution in [3.8, 4) is 11.5 Å². The van der Waals surface area contributed by atoms with Crippen LogP contribution in [-0.2, 0) is 11.2 Å². The predicted molar refractivity (Wildman–Crippen MR) is 124 cm³/mol. The molecule has 1 heterocycles. The van der Waals surface area contributed by atoms with Crippen LogP contribution in [0.1, 0.15) is 22.7 Å². The van der Waals surface area contributed by atoms with E-state index < -0.39 is 0 Å². The second-order valence-electron chi connectivity index (χ2n) is 7.67. The molecule has 7 heteroatoms. The number of benzene rings is 2. The molecule has 1 unspecified atom stereocenters. The molecule has 1 aliphatic heterocycles. The number of methoxy groups -OCH3 is 2. The summed E-state index contributed by atoms with van der Waals surface area (Å²) in [6.07, 6.45) is 0.807. The molecule has 31 heavy (non-hydrogen) atoms. The van der Waals surface area contributed by atoms with Crippen molar-refractivity contribution in [2.75, 3.05) is 53.6 Å². The van der Waals surface area contributed by atoms with Gasteiger partial charge in [-0.3, -0.25) is 9.89 Å². The fraction of sp³-hybridized carbons (Fsp3) is 0.458. The van der Waals surface area contributed by atoms with Gasteiger partial charge in [-0.05, 0) is 36.6 Å². The highest BCUT2D eigenvalue weighted by Crippen LogP contribution is 2.27. The minimum Gasteiger partial charge on any atom is -0.493 e. The van der Waals surface area contributed by atoms with Gasteiger partial charge in [-0.1, -0.05) is 35.9 Å². The number of hydrogen-bond acceptors (Lipinski definition) is 5. The topological polar surface area (TPSA) is 81.3 Å². The van der Waals surface area contributed by atoms with E-state index in [4.69, 9.17) is 19.9 Å². The van der Waals surface area contributed by atoms with E-state index in [0.29, 0.717) is 19.0 Å². The normalized spacial score (nSPS) is 16.0. The number of nitrogens with two attached hydrogens (primary N) is 1. The van der Waals surface area contributed by atoms with Gasteiger partial charge in [0.05, 0.1) is 40.0 Å². The van der Waals surface area contributed by atoms with E-state index in [1.165, 1.54) is 11.1 Å². The molecule has 3 N–H and O–H groups in total. The lowest BCUT2D eigenvalue weighted by atomic mass is 10.0. The molecule has 1 atom stereocenters. The number of aryl methyl sites for hydroxylation is 1. The molecule has 0 bridgehead atoms. The Morgan fingerprint density at radius 2 is 1.90 bits per heavy atom. The van der Waals surface area contributed by atoms with E-state index in [2.05, 4.69) is 46.4 Å². The molecule has 0 saturated carbocycles. The molecule has 1 aliphatic rings. The zero-order valence-electron chi connectivity index (χ0n) is 18.8. The van der Waals surface area contributed by atoms with Crippen molar-refractivity contribution >= 4 is 5.96 Å². The van der Waals surface area contributed by atoms with Gasteiger partial charge in [-0.15, -0.1) is 0 Å². The average molecular weight is 427 g/mol. The maximum atomic E-state index is 6.18. The minimum atomic E-state index is 0.190. The van der Waals surface area contributed by atoms with E-state index in [-0.39, 0.29) is 6.04 Å². The number of nitrogens with one attached hydrogen (secondary N) is 1. The van der Waals surface area contributed by atoms with Crippen molar-refractivity contribution in [2.24, 2.45) is 10.7 Å². The zero-order chi connectivity index (χ0) is 22.1. The summed E-state index contributed by atoms with van der Waals surface area (Å²) in [4.78, 5) is 7.08. The molecule has 0 spiro atoms. The van der Waals surface area contributed by atoms with E-state index in [0.717, 1.165) is 49.8 Å². The van der Waals surface area contributed by atoms with E-state index >= 15 is 0 Å². The monoisotopic (exact) mass is 426 g/mol. The summed E-state index contributed by atoms with van der Waals surface area (Å²) in [7, 11) is 3.28. The Bertz CT molecular complexity index is 866. The molecule has 2 aromatic rings. The van der Waals surface area contributed by atoms with E-state index in [9.17, 15) is 0 Å². The van der Waals surface area contributed by atoms with Crippen LogP contribution in [0.4, 0.5) is 0 Å². The van der Waals surface area contributed by atoms with Crippen LogP contribution in [0.2, 0.25) is 0 Å². The SMILES string of the molecule is COc1ccc(CCNC(N)=NCC(c2cccc(C)c2)N2CCOCC2)cc1OC. The molecule has 0 aromatic heterocycles. The molecule has 168 valence electrons. The maximum Gasteiger partial charge on any atom is 0.188 e. The summed E-state index contributed by atoms with van der Waals surface area (Å²) in [6, 6.07) is 14.7. The van der Waals surface area contributed by atoms with Crippen LogP contribution in [0.25, 0.3) is 0 Å². The van der Waals surface area contributed by atoms with Crippen LogP contribution in [0.15, 0.2) is 47.5 Å². The highest BCUT2D eigenvalue weighted by Gasteiger charge is 2.22. The second kappa shape index (κ2) is 11.6. The summed E-state index contributed by atoms with van der Waals surface area (Å²) in [5, 5.41) is 3.23. The van der Waals surface area contributed by atoms with Crippen LogP contribution < -0.4 is 20.5 Å². The Balaban J connectivity index is 1.58. The molecule has 0 amide bonds. The Morgan fingerprint density at radius 3 is 2.61 bits per heavy atom. The largest absolute Gasteiger partial charge is 0.493 e. The number of rotatable bonds is 9. The fourth-order valence-electron chi connectivity index (χ4n) is 3.81. The van der Waals surface area contributed by atoms with Crippen molar-refractivity contribution in [1.29, 1.82) is 0 Å². The van der Waals surface area contributed by atoms with Crippen LogP contribution >= 0.6 is 0 Å². The number of ether oxygens (including phenoxy) is 3. The molecular weight excluding hydrogens is 392 g/mol. The molecule has 0 radical (unpaired) electrons. The lowest BCUT2D eigenvalue weighted by Gasteiger charge is -2.34. The van der Waals surface area contributed by atoms with Gasteiger partial charge in [0.1, 0.15) is 0 Å². The fourth-order valence-corrected chi connectivity index (χ4v) is 3.81. The van der Waals surface area contributed by atoms with Gasteiger partial charge < -0.3 is 25.3 Å². The van der Waals surface area contributed by atoms with Crippen molar-refractivity contribution in [1.82, 2.24) is 10.2 Å². The predicted octanol–water partition coefficient (Wildman–Crippen LogP) is 2.53. The highest BCUT2D eigenvalue weighted by atomic mass is 16.5. The third-order valence-electron chi connectivity index (χ3n) is 5.52. The number of morpholine rings is 1. The summed E-state index contributed by atoms with van der Waals surface area (Å²) < 4.78 is 16.2. The van der Waals surface area contributed by atoms with Crippen LogP contribution in [0, 0.1) is 6.92 Å². The Hall–Kier alpha value is -2.77. The van der Waals surface area contributed by atoms with Crippen LogP contribution in [0.5, 0.6) is 11.5 Å². The van der Waals surface area contributed by atoms with E-state index in [1.54, 1.807) is 14.2 Å². The summed E-state index contributed by atoms with van der Waals surface area (Å²) in [6.45, 7) is 6.74. The lowest BCUT2D eigenvalue weighted by molar-refractivity contribution is 0.0180. The first-order valence-electron chi connectivity index (χ1n) is 10.7. The minimum absolute atomic E-state index is 0.190. The summed E-state index contributed by atoms with van der Waals surface area (Å²) >= 11 is 0. The molecule has 2 aromatic carbocycles. The van der Waals surface area contributed by atoms with Gasteiger partial charge >= 0.3 is 0 Å². The van der Waals surface area contributed by atoms with Gasteiger partial charge in [-0.2, -0.15) is 0 Å². The Labute approximate surface area is 185 Å². The molecule has 7 nitrogen and oxygen atoms in total.